The van der Waals surface area contributed by atoms with Gasteiger partial charge in [-0.2, -0.15) is 0 Å². The quantitative estimate of drug-likeness (QED) is 0.785. The lowest BCUT2D eigenvalue weighted by Gasteiger charge is -2.17. The van der Waals surface area contributed by atoms with E-state index in [0.717, 1.165) is 0 Å². The Balaban J connectivity index is 2.99. The molecule has 5 heteroatoms. The maximum atomic E-state index is 12.6. The van der Waals surface area contributed by atoms with Gasteiger partial charge < -0.3 is 9.79 Å². The Morgan fingerprint density at radius 3 is 2.27 bits per heavy atom. The normalized spacial score (nSPS) is 13.9. The van der Waals surface area contributed by atoms with Gasteiger partial charge in [0.05, 0.1) is 5.66 Å². The molecule has 0 aliphatic rings. The van der Waals surface area contributed by atoms with Crippen molar-refractivity contribution >= 4 is 7.60 Å². The summed E-state index contributed by atoms with van der Waals surface area (Å²) in [4.78, 5) is 18.3. The first-order valence-electron chi connectivity index (χ1n) is 4.76. The van der Waals surface area contributed by atoms with Crippen LogP contribution < -0.4 is 0 Å². The molecular weight excluding hydrogens is 218 g/mol. The topological polar surface area (TPSA) is 57.5 Å². The Labute approximate surface area is 88.1 Å². The molecule has 0 aromatic heterocycles. The molecule has 0 saturated carbocycles. The van der Waals surface area contributed by atoms with Crippen LogP contribution in [0.3, 0.4) is 0 Å². The Bertz CT molecular complexity index is 357. The van der Waals surface area contributed by atoms with Crippen LogP contribution >= 0.6 is 7.60 Å². The Hall–Kier alpha value is -0.700. The molecule has 0 spiro atoms. The molecule has 0 heterocycles. The molecule has 1 aromatic rings. The molecule has 0 fully saturated rings. The molecule has 1 atom stereocenters. The zero-order valence-electron chi connectivity index (χ0n) is 8.43. The van der Waals surface area contributed by atoms with Gasteiger partial charge in [-0.05, 0) is 24.1 Å². The molecule has 84 valence electrons. The van der Waals surface area contributed by atoms with Gasteiger partial charge in [0.25, 0.3) is 0 Å². The first-order chi connectivity index (χ1) is 6.95. The molecule has 1 rings (SSSR count). The summed E-state index contributed by atoms with van der Waals surface area (Å²) in [5.41, 5.74) is -0.324. The fourth-order valence-corrected chi connectivity index (χ4v) is 2.64. The van der Waals surface area contributed by atoms with E-state index in [0.29, 0.717) is 18.4 Å². The van der Waals surface area contributed by atoms with Crippen molar-refractivity contribution in [3.05, 3.63) is 35.6 Å². The number of benzene rings is 1. The predicted molar refractivity (Wildman–Crippen MR) is 56.1 cm³/mol. The van der Waals surface area contributed by atoms with Gasteiger partial charge in [-0.25, -0.2) is 4.39 Å². The number of hydrogen-bond acceptors (Lipinski definition) is 1. The van der Waals surface area contributed by atoms with Gasteiger partial charge in [0.15, 0.2) is 0 Å². The van der Waals surface area contributed by atoms with Crippen LogP contribution in [0.1, 0.15) is 31.0 Å². The highest BCUT2D eigenvalue weighted by Crippen LogP contribution is 2.54. The van der Waals surface area contributed by atoms with Crippen molar-refractivity contribution in [1.82, 2.24) is 0 Å². The molecule has 1 aromatic carbocycles. The lowest BCUT2D eigenvalue weighted by molar-refractivity contribution is 0.355. The van der Waals surface area contributed by atoms with E-state index in [9.17, 15) is 8.96 Å². The van der Waals surface area contributed by atoms with E-state index >= 15 is 0 Å². The Morgan fingerprint density at radius 2 is 1.87 bits per heavy atom. The van der Waals surface area contributed by atoms with Crippen molar-refractivity contribution in [2.24, 2.45) is 0 Å². The third kappa shape index (κ3) is 3.42. The molecule has 1 unspecified atom stereocenters. The summed E-state index contributed by atoms with van der Waals surface area (Å²) in [7, 11) is -4.15. The minimum atomic E-state index is -4.15. The lowest BCUT2D eigenvalue weighted by Crippen LogP contribution is -1.99. The average molecular weight is 232 g/mol. The van der Waals surface area contributed by atoms with Crippen LogP contribution in [0.5, 0.6) is 0 Å². The smallest absolute Gasteiger partial charge is 0.324 e. The molecule has 0 saturated heterocycles. The van der Waals surface area contributed by atoms with E-state index in [2.05, 4.69) is 0 Å². The zero-order valence-corrected chi connectivity index (χ0v) is 9.32. The fourth-order valence-electron chi connectivity index (χ4n) is 1.49. The Kier molecular flexibility index (Phi) is 4.03. The van der Waals surface area contributed by atoms with Crippen molar-refractivity contribution in [3.8, 4) is 0 Å². The second-order valence-corrected chi connectivity index (χ2v) is 5.25. The van der Waals surface area contributed by atoms with Gasteiger partial charge in [-0.3, -0.25) is 4.57 Å². The second kappa shape index (κ2) is 4.88. The molecule has 0 aliphatic heterocycles. The molecule has 0 bridgehead atoms. The van der Waals surface area contributed by atoms with Crippen LogP contribution in [0.25, 0.3) is 0 Å². The van der Waals surface area contributed by atoms with E-state index in [1.54, 1.807) is 0 Å². The standard InChI is InChI=1S/C10H14FO3P/c1-2-3-10(15(12,13)14)8-4-6-9(11)7-5-8/h4-7,10H,2-3H2,1H3,(H2,12,13,14). The van der Waals surface area contributed by atoms with E-state index in [1.807, 2.05) is 6.92 Å². The molecule has 0 radical (unpaired) electrons. The molecule has 15 heavy (non-hydrogen) atoms. The Morgan fingerprint density at radius 1 is 1.33 bits per heavy atom. The monoisotopic (exact) mass is 232 g/mol. The highest BCUT2D eigenvalue weighted by atomic mass is 31.2. The van der Waals surface area contributed by atoms with Crippen LogP contribution in [0.2, 0.25) is 0 Å². The van der Waals surface area contributed by atoms with Crippen LogP contribution in [0.15, 0.2) is 24.3 Å². The van der Waals surface area contributed by atoms with Gasteiger partial charge in [0, 0.05) is 0 Å². The van der Waals surface area contributed by atoms with Gasteiger partial charge in [0.1, 0.15) is 5.82 Å². The summed E-state index contributed by atoms with van der Waals surface area (Å²) < 4.78 is 23.8. The average Bonchev–Trinajstić information content (AvgIpc) is 2.14. The molecule has 0 amide bonds. The van der Waals surface area contributed by atoms with Crippen molar-refractivity contribution in [2.75, 3.05) is 0 Å². The van der Waals surface area contributed by atoms with E-state index in [1.165, 1.54) is 24.3 Å². The molecule has 3 nitrogen and oxygen atoms in total. The summed E-state index contributed by atoms with van der Waals surface area (Å²) in [6, 6.07) is 5.28. The van der Waals surface area contributed by atoms with Gasteiger partial charge in [-0.1, -0.05) is 25.5 Å². The molecule has 0 aliphatic carbocycles. The maximum Gasteiger partial charge on any atom is 0.332 e. The highest BCUT2D eigenvalue weighted by molar-refractivity contribution is 7.52. The van der Waals surface area contributed by atoms with Gasteiger partial charge in [0.2, 0.25) is 0 Å². The predicted octanol–water partition coefficient (Wildman–Crippen LogP) is 2.84. The zero-order chi connectivity index (χ0) is 11.5. The van der Waals surface area contributed by atoms with E-state index in [4.69, 9.17) is 9.79 Å². The lowest BCUT2D eigenvalue weighted by atomic mass is 10.1. The first-order valence-corrected chi connectivity index (χ1v) is 6.44. The number of halogens is 1. The summed E-state index contributed by atoms with van der Waals surface area (Å²) in [6.45, 7) is 1.85. The molecular formula is C10H14FO3P. The van der Waals surface area contributed by atoms with E-state index < -0.39 is 19.1 Å². The van der Waals surface area contributed by atoms with Crippen molar-refractivity contribution in [2.45, 2.75) is 25.4 Å². The van der Waals surface area contributed by atoms with Crippen molar-refractivity contribution in [3.63, 3.8) is 0 Å². The minimum Gasteiger partial charge on any atom is -0.324 e. The van der Waals surface area contributed by atoms with Crippen LogP contribution in [0, 0.1) is 5.82 Å². The largest absolute Gasteiger partial charge is 0.332 e. The summed E-state index contributed by atoms with van der Waals surface area (Å²) in [5.74, 6) is -0.403. The van der Waals surface area contributed by atoms with Gasteiger partial charge in [-0.15, -0.1) is 0 Å². The fraction of sp³-hybridized carbons (Fsp3) is 0.400. The van der Waals surface area contributed by atoms with Crippen molar-refractivity contribution < 1.29 is 18.7 Å². The van der Waals surface area contributed by atoms with Crippen LogP contribution in [0.4, 0.5) is 4.39 Å². The third-order valence-electron chi connectivity index (χ3n) is 2.22. The highest BCUT2D eigenvalue weighted by Gasteiger charge is 2.29. The number of rotatable bonds is 4. The summed E-state index contributed by atoms with van der Waals surface area (Å²) >= 11 is 0. The van der Waals surface area contributed by atoms with Crippen LogP contribution in [-0.4, -0.2) is 9.79 Å². The number of hydrogen-bond donors (Lipinski definition) is 2. The summed E-state index contributed by atoms with van der Waals surface area (Å²) in [6.07, 6.45) is 1.07. The maximum absolute atomic E-state index is 12.6. The second-order valence-electron chi connectivity index (χ2n) is 3.45. The van der Waals surface area contributed by atoms with Gasteiger partial charge >= 0.3 is 7.60 Å². The minimum absolute atomic E-state index is 0.399. The summed E-state index contributed by atoms with van der Waals surface area (Å²) in [5, 5.41) is 0. The van der Waals surface area contributed by atoms with Crippen molar-refractivity contribution in [1.29, 1.82) is 0 Å². The first kappa shape index (κ1) is 12.4. The SMILES string of the molecule is CCCC(c1ccc(F)cc1)P(=O)(O)O. The third-order valence-corrected chi connectivity index (χ3v) is 3.59. The van der Waals surface area contributed by atoms with E-state index in [-0.39, 0.29) is 0 Å². The molecule has 2 N–H and O–H groups in total. The van der Waals surface area contributed by atoms with Crippen LogP contribution in [-0.2, 0) is 4.57 Å².